The Morgan fingerprint density at radius 1 is 1.24 bits per heavy atom. The SMILES string of the molecule is CCNC(=NCC(C)Oc1ccc(Cl)cc1)NCCCNS(C)(=O)=O. The molecule has 7 nitrogen and oxygen atoms in total. The fourth-order valence-corrected chi connectivity index (χ4v) is 2.54. The van der Waals surface area contributed by atoms with Gasteiger partial charge in [-0.2, -0.15) is 0 Å². The van der Waals surface area contributed by atoms with E-state index in [4.69, 9.17) is 16.3 Å². The summed E-state index contributed by atoms with van der Waals surface area (Å²) in [4.78, 5) is 4.48. The molecule has 25 heavy (non-hydrogen) atoms. The molecule has 0 fully saturated rings. The number of sulfonamides is 1. The van der Waals surface area contributed by atoms with E-state index in [0.717, 1.165) is 18.6 Å². The van der Waals surface area contributed by atoms with E-state index in [9.17, 15) is 8.42 Å². The van der Waals surface area contributed by atoms with Gasteiger partial charge in [0.25, 0.3) is 0 Å². The Bertz CT molecular complexity index is 635. The van der Waals surface area contributed by atoms with E-state index in [1.807, 2.05) is 26.0 Å². The quantitative estimate of drug-likeness (QED) is 0.320. The molecule has 0 radical (unpaired) electrons. The summed E-state index contributed by atoms with van der Waals surface area (Å²) in [6.45, 7) is 6.15. The van der Waals surface area contributed by atoms with Gasteiger partial charge in [0, 0.05) is 24.7 Å². The van der Waals surface area contributed by atoms with Crippen LogP contribution in [0.1, 0.15) is 20.3 Å². The van der Waals surface area contributed by atoms with E-state index in [0.29, 0.717) is 37.0 Å². The molecule has 0 heterocycles. The van der Waals surface area contributed by atoms with Crippen LogP contribution in [0.3, 0.4) is 0 Å². The highest BCUT2D eigenvalue weighted by Crippen LogP contribution is 2.16. The lowest BCUT2D eigenvalue weighted by atomic mass is 10.3. The van der Waals surface area contributed by atoms with Gasteiger partial charge in [-0.3, -0.25) is 0 Å². The number of benzene rings is 1. The Labute approximate surface area is 155 Å². The predicted molar refractivity (Wildman–Crippen MR) is 103 cm³/mol. The van der Waals surface area contributed by atoms with Crippen molar-refractivity contribution in [2.75, 3.05) is 32.4 Å². The summed E-state index contributed by atoms with van der Waals surface area (Å²) in [5, 5.41) is 6.98. The fourth-order valence-electron chi connectivity index (χ4n) is 1.90. The average molecular weight is 391 g/mol. The van der Waals surface area contributed by atoms with Crippen LogP contribution >= 0.6 is 11.6 Å². The third-order valence-corrected chi connectivity index (χ3v) is 3.99. The predicted octanol–water partition coefficient (Wildman–Crippen LogP) is 1.60. The van der Waals surface area contributed by atoms with Gasteiger partial charge in [0.15, 0.2) is 5.96 Å². The molecule has 1 aromatic carbocycles. The van der Waals surface area contributed by atoms with E-state index in [1.54, 1.807) is 12.1 Å². The molecule has 0 amide bonds. The van der Waals surface area contributed by atoms with E-state index in [-0.39, 0.29) is 6.10 Å². The number of aliphatic imine (C=N–C) groups is 1. The highest BCUT2D eigenvalue weighted by Gasteiger charge is 2.05. The van der Waals surface area contributed by atoms with Crippen molar-refractivity contribution in [2.24, 2.45) is 4.99 Å². The van der Waals surface area contributed by atoms with Crippen molar-refractivity contribution in [1.82, 2.24) is 15.4 Å². The maximum atomic E-state index is 11.0. The van der Waals surface area contributed by atoms with Gasteiger partial charge < -0.3 is 15.4 Å². The second-order valence-electron chi connectivity index (χ2n) is 5.55. The van der Waals surface area contributed by atoms with Crippen molar-refractivity contribution in [2.45, 2.75) is 26.4 Å². The van der Waals surface area contributed by atoms with Crippen LogP contribution in [-0.2, 0) is 10.0 Å². The number of hydrogen-bond acceptors (Lipinski definition) is 4. The van der Waals surface area contributed by atoms with Crippen molar-refractivity contribution < 1.29 is 13.2 Å². The third-order valence-electron chi connectivity index (χ3n) is 3.01. The third kappa shape index (κ3) is 10.9. The summed E-state index contributed by atoms with van der Waals surface area (Å²) in [6, 6.07) is 7.20. The molecular weight excluding hydrogens is 364 g/mol. The lowest BCUT2D eigenvalue weighted by Crippen LogP contribution is -2.39. The summed E-state index contributed by atoms with van der Waals surface area (Å²) >= 11 is 5.85. The molecule has 1 aromatic rings. The smallest absolute Gasteiger partial charge is 0.208 e. The van der Waals surface area contributed by atoms with Crippen LogP contribution in [0.15, 0.2) is 29.3 Å². The van der Waals surface area contributed by atoms with Crippen LogP contribution in [0.5, 0.6) is 5.75 Å². The number of rotatable bonds is 10. The minimum absolute atomic E-state index is 0.0940. The second-order valence-corrected chi connectivity index (χ2v) is 7.82. The zero-order valence-corrected chi connectivity index (χ0v) is 16.5. The van der Waals surface area contributed by atoms with E-state index in [2.05, 4.69) is 20.3 Å². The van der Waals surface area contributed by atoms with Gasteiger partial charge in [-0.25, -0.2) is 18.1 Å². The zero-order valence-electron chi connectivity index (χ0n) is 14.9. The van der Waals surface area contributed by atoms with Crippen LogP contribution in [0.4, 0.5) is 0 Å². The number of hydrogen-bond donors (Lipinski definition) is 3. The topological polar surface area (TPSA) is 91.8 Å². The largest absolute Gasteiger partial charge is 0.489 e. The van der Waals surface area contributed by atoms with E-state index < -0.39 is 10.0 Å². The number of guanidine groups is 1. The van der Waals surface area contributed by atoms with Crippen LogP contribution in [0.2, 0.25) is 5.02 Å². The molecule has 1 rings (SSSR count). The Morgan fingerprint density at radius 2 is 1.92 bits per heavy atom. The number of ether oxygens (including phenoxy) is 1. The fraction of sp³-hybridized carbons (Fsp3) is 0.562. The molecule has 142 valence electrons. The van der Waals surface area contributed by atoms with Gasteiger partial charge in [-0.05, 0) is 44.5 Å². The van der Waals surface area contributed by atoms with Crippen LogP contribution < -0.4 is 20.1 Å². The molecule has 0 spiro atoms. The van der Waals surface area contributed by atoms with Crippen LogP contribution in [0.25, 0.3) is 0 Å². The van der Waals surface area contributed by atoms with Crippen molar-refractivity contribution in [3.63, 3.8) is 0 Å². The van der Waals surface area contributed by atoms with Gasteiger partial charge in [-0.1, -0.05) is 11.6 Å². The zero-order chi connectivity index (χ0) is 18.7. The summed E-state index contributed by atoms with van der Waals surface area (Å²) < 4.78 is 30.2. The van der Waals surface area contributed by atoms with Crippen molar-refractivity contribution in [3.8, 4) is 5.75 Å². The van der Waals surface area contributed by atoms with E-state index in [1.165, 1.54) is 0 Å². The first-order chi connectivity index (χ1) is 11.8. The molecule has 0 saturated heterocycles. The van der Waals surface area contributed by atoms with Crippen molar-refractivity contribution >= 4 is 27.6 Å². The second kappa shape index (κ2) is 11.2. The normalized spacial score (nSPS) is 13.4. The van der Waals surface area contributed by atoms with Gasteiger partial charge in [0.2, 0.25) is 10.0 Å². The molecule has 3 N–H and O–H groups in total. The Kier molecular flexibility index (Phi) is 9.62. The number of nitrogens with zero attached hydrogens (tertiary/aromatic N) is 1. The molecule has 0 aliphatic carbocycles. The molecule has 1 unspecified atom stereocenters. The maximum absolute atomic E-state index is 11.0. The molecule has 9 heteroatoms. The monoisotopic (exact) mass is 390 g/mol. The lowest BCUT2D eigenvalue weighted by molar-refractivity contribution is 0.230. The number of halogens is 1. The first-order valence-corrected chi connectivity index (χ1v) is 10.5. The van der Waals surface area contributed by atoms with Crippen molar-refractivity contribution in [3.05, 3.63) is 29.3 Å². The Hall–Kier alpha value is -1.51. The van der Waals surface area contributed by atoms with Crippen LogP contribution in [-0.4, -0.2) is 52.9 Å². The van der Waals surface area contributed by atoms with Gasteiger partial charge in [0.1, 0.15) is 11.9 Å². The summed E-state index contributed by atoms with van der Waals surface area (Å²) in [6.07, 6.45) is 1.71. The summed E-state index contributed by atoms with van der Waals surface area (Å²) in [5.74, 6) is 1.42. The Morgan fingerprint density at radius 3 is 2.52 bits per heavy atom. The molecule has 0 saturated carbocycles. The van der Waals surface area contributed by atoms with Crippen LogP contribution in [0, 0.1) is 0 Å². The maximum Gasteiger partial charge on any atom is 0.208 e. The Balaban J connectivity index is 2.39. The summed E-state index contributed by atoms with van der Waals surface area (Å²) in [5.41, 5.74) is 0. The summed E-state index contributed by atoms with van der Waals surface area (Å²) in [7, 11) is -3.14. The first-order valence-electron chi connectivity index (χ1n) is 8.19. The first kappa shape index (κ1) is 21.5. The molecular formula is C16H27ClN4O3S. The van der Waals surface area contributed by atoms with Crippen molar-refractivity contribution in [1.29, 1.82) is 0 Å². The highest BCUT2D eigenvalue weighted by molar-refractivity contribution is 7.88. The minimum Gasteiger partial charge on any atom is -0.489 e. The lowest BCUT2D eigenvalue weighted by Gasteiger charge is -2.15. The number of nitrogens with one attached hydrogen (secondary N) is 3. The molecule has 1 atom stereocenters. The van der Waals surface area contributed by atoms with Gasteiger partial charge in [-0.15, -0.1) is 0 Å². The molecule has 0 aliphatic heterocycles. The highest BCUT2D eigenvalue weighted by atomic mass is 35.5. The minimum atomic E-state index is -3.14. The molecule has 0 aliphatic rings. The molecule has 0 bridgehead atoms. The van der Waals surface area contributed by atoms with E-state index >= 15 is 0 Å². The average Bonchev–Trinajstić information content (AvgIpc) is 2.53. The standard InChI is InChI=1S/C16H27ClN4O3S/c1-4-18-16(19-10-5-11-21-25(3,22)23)20-12-13(2)24-15-8-6-14(17)7-9-15/h6-9,13,21H,4-5,10-12H2,1-3H3,(H2,18,19,20). The van der Waals surface area contributed by atoms with Gasteiger partial charge in [0.05, 0.1) is 12.8 Å². The van der Waals surface area contributed by atoms with Gasteiger partial charge >= 0.3 is 0 Å². The molecule has 0 aromatic heterocycles.